The van der Waals surface area contributed by atoms with Crippen molar-refractivity contribution in [1.29, 1.82) is 0 Å². The standard InChI is InChI=1S/C14H18I2NO4/c1-13(15,10-16-17-10)11(18)21-9-5-8-4-7(9)6-14(8)2-3-20-12(14)19/h7-10,17H,2-6H2,1H3/q-1. The molecule has 4 fully saturated rings. The SMILES string of the molecule is CC(I)(C(=O)OC1CC2CC1CC21CCOC1=O)C1N[I-]1. The van der Waals surface area contributed by atoms with E-state index in [4.69, 9.17) is 9.47 Å². The van der Waals surface area contributed by atoms with Gasteiger partial charge in [0.2, 0.25) is 0 Å². The van der Waals surface area contributed by atoms with E-state index < -0.39 is 3.42 Å². The van der Waals surface area contributed by atoms with Crippen molar-refractivity contribution in [3.8, 4) is 0 Å². The molecule has 5 nitrogen and oxygen atoms in total. The van der Waals surface area contributed by atoms with Crippen molar-refractivity contribution >= 4 is 34.5 Å². The Hall–Kier alpha value is 0.360. The molecule has 1 N–H and O–H groups in total. The fourth-order valence-corrected chi connectivity index (χ4v) is 7.56. The number of alkyl halides is 2. The minimum atomic E-state index is -0.434. The van der Waals surface area contributed by atoms with Gasteiger partial charge in [0.1, 0.15) is 0 Å². The van der Waals surface area contributed by atoms with Gasteiger partial charge in [-0.3, -0.25) is 0 Å². The third-order valence-corrected chi connectivity index (χ3v) is 10.3. The molecule has 21 heavy (non-hydrogen) atoms. The van der Waals surface area contributed by atoms with Crippen LogP contribution in [-0.4, -0.2) is 32.1 Å². The fourth-order valence-electron chi connectivity index (χ4n) is 4.25. The zero-order chi connectivity index (χ0) is 14.8. The van der Waals surface area contributed by atoms with Gasteiger partial charge in [-0.05, 0) is 0 Å². The average Bonchev–Trinajstić information content (AvgIpc) is 3.04. The van der Waals surface area contributed by atoms with Crippen molar-refractivity contribution in [2.45, 2.75) is 46.2 Å². The van der Waals surface area contributed by atoms with Crippen LogP contribution in [0.3, 0.4) is 0 Å². The predicted molar refractivity (Wildman–Crippen MR) is 78.1 cm³/mol. The molecule has 6 unspecified atom stereocenters. The number of hydrogen-bond acceptors (Lipinski definition) is 5. The van der Waals surface area contributed by atoms with Gasteiger partial charge in [-0.1, -0.05) is 0 Å². The van der Waals surface area contributed by atoms with Gasteiger partial charge in [0.25, 0.3) is 0 Å². The molecule has 118 valence electrons. The van der Waals surface area contributed by atoms with E-state index in [1.54, 1.807) is 0 Å². The molecule has 0 amide bonds. The first-order valence-electron chi connectivity index (χ1n) is 7.38. The molecule has 2 saturated heterocycles. The summed E-state index contributed by atoms with van der Waals surface area (Å²) >= 11 is 2.21. The quantitative estimate of drug-likeness (QED) is 0.122. The number of fused-ring (bicyclic) bond motifs is 3. The Kier molecular flexibility index (Phi) is 3.50. The molecule has 0 aromatic rings. The Balaban J connectivity index is 1.42. The predicted octanol–water partition coefficient (Wildman–Crippen LogP) is -1.61. The summed E-state index contributed by atoms with van der Waals surface area (Å²) in [6.45, 7) is 2.53. The molecule has 2 heterocycles. The van der Waals surface area contributed by atoms with Crippen molar-refractivity contribution < 1.29 is 40.5 Å². The monoisotopic (exact) mass is 518 g/mol. The van der Waals surface area contributed by atoms with Gasteiger partial charge in [0, 0.05) is 0 Å². The Morgan fingerprint density at radius 1 is 1.57 bits per heavy atom. The van der Waals surface area contributed by atoms with Gasteiger partial charge < -0.3 is 0 Å². The summed E-state index contributed by atoms with van der Waals surface area (Å²) in [4.78, 5) is 24.5. The molecule has 4 aliphatic rings. The molecule has 0 aromatic carbocycles. The number of nitrogens with one attached hydrogen (secondary N) is 1. The van der Waals surface area contributed by atoms with Crippen LogP contribution in [0.25, 0.3) is 0 Å². The molecule has 2 aliphatic heterocycles. The Morgan fingerprint density at radius 2 is 2.33 bits per heavy atom. The number of carbonyl (C=O) groups excluding carboxylic acids is 2. The van der Waals surface area contributed by atoms with Crippen molar-refractivity contribution in [3.63, 3.8) is 0 Å². The molecule has 7 heteroatoms. The van der Waals surface area contributed by atoms with Crippen LogP contribution in [0.5, 0.6) is 0 Å². The number of rotatable bonds is 3. The molecule has 6 atom stereocenters. The topological polar surface area (TPSA) is 74.5 Å². The third-order valence-electron chi connectivity index (χ3n) is 5.58. The van der Waals surface area contributed by atoms with Crippen LogP contribution >= 0.6 is 22.6 Å². The van der Waals surface area contributed by atoms with Crippen LogP contribution in [-0.2, 0) is 19.1 Å². The number of hydrogen-bond donors (Lipinski definition) is 1. The molecular formula is C14H18I2NO4-. The first-order valence-corrected chi connectivity index (χ1v) is 10.8. The summed E-state index contributed by atoms with van der Waals surface area (Å²) in [5, 5.41) is 0. The van der Waals surface area contributed by atoms with Crippen molar-refractivity contribution in [2.24, 2.45) is 17.3 Å². The van der Waals surface area contributed by atoms with Crippen LogP contribution in [0.4, 0.5) is 0 Å². The van der Waals surface area contributed by atoms with E-state index in [0.717, 1.165) is 25.7 Å². The number of esters is 2. The van der Waals surface area contributed by atoms with Gasteiger partial charge in [0.05, 0.1) is 0 Å². The molecule has 2 saturated carbocycles. The zero-order valence-corrected chi connectivity index (χ0v) is 16.0. The second-order valence-electron chi connectivity index (χ2n) is 6.77. The number of halogens is 2. The normalized spacial score (nSPS) is 46.9. The van der Waals surface area contributed by atoms with E-state index in [9.17, 15) is 9.59 Å². The van der Waals surface area contributed by atoms with Gasteiger partial charge in [-0.25, -0.2) is 0 Å². The Labute approximate surface area is 148 Å². The number of cyclic esters (lactones) is 1. The first-order chi connectivity index (χ1) is 9.93. The van der Waals surface area contributed by atoms with Crippen LogP contribution in [0.15, 0.2) is 0 Å². The van der Waals surface area contributed by atoms with Crippen molar-refractivity contribution in [2.75, 3.05) is 6.61 Å². The Bertz CT molecular complexity index is 507. The van der Waals surface area contributed by atoms with Gasteiger partial charge in [-0.2, -0.15) is 0 Å². The van der Waals surface area contributed by atoms with Gasteiger partial charge in [0.15, 0.2) is 0 Å². The van der Waals surface area contributed by atoms with E-state index >= 15 is 0 Å². The number of carbonyl (C=O) groups is 2. The van der Waals surface area contributed by atoms with E-state index in [1.807, 2.05) is 6.92 Å². The minimum absolute atomic E-state index is 0.00701. The van der Waals surface area contributed by atoms with Crippen LogP contribution < -0.4 is 25.0 Å². The second kappa shape index (κ2) is 4.93. The maximum absolute atomic E-state index is 12.4. The van der Waals surface area contributed by atoms with Crippen LogP contribution in [0.2, 0.25) is 0 Å². The molecule has 0 aromatic heterocycles. The van der Waals surface area contributed by atoms with E-state index in [-0.39, 0.29) is 44.9 Å². The van der Waals surface area contributed by atoms with Crippen LogP contribution in [0.1, 0.15) is 32.6 Å². The van der Waals surface area contributed by atoms with E-state index in [1.165, 1.54) is 0 Å². The molecule has 0 radical (unpaired) electrons. The summed E-state index contributed by atoms with van der Waals surface area (Å²) in [7, 11) is 0. The van der Waals surface area contributed by atoms with E-state index in [0.29, 0.717) is 22.5 Å². The summed E-state index contributed by atoms with van der Waals surface area (Å²) in [6.07, 6.45) is 3.56. The molecule has 2 bridgehead atoms. The van der Waals surface area contributed by atoms with Gasteiger partial charge >= 0.3 is 149 Å². The molecule has 1 spiro atoms. The van der Waals surface area contributed by atoms with Crippen molar-refractivity contribution in [1.82, 2.24) is 3.53 Å². The maximum atomic E-state index is 12.4. The summed E-state index contributed by atoms with van der Waals surface area (Å²) < 4.78 is 14.2. The van der Waals surface area contributed by atoms with Gasteiger partial charge in [-0.15, -0.1) is 0 Å². The van der Waals surface area contributed by atoms with E-state index in [2.05, 4.69) is 26.1 Å². The van der Waals surface area contributed by atoms with Crippen molar-refractivity contribution in [3.05, 3.63) is 0 Å². The summed E-state index contributed by atoms with van der Waals surface area (Å²) in [5.74, 6) is 0.602. The Morgan fingerprint density at radius 3 is 2.86 bits per heavy atom. The molecule has 2 aliphatic carbocycles. The zero-order valence-electron chi connectivity index (χ0n) is 11.7. The second-order valence-corrected chi connectivity index (χ2v) is 11.5. The molecular weight excluding hydrogens is 500 g/mol. The summed E-state index contributed by atoms with van der Waals surface area (Å²) in [6, 6.07) is 0. The van der Waals surface area contributed by atoms with Crippen LogP contribution in [0, 0.1) is 17.3 Å². The molecule has 4 rings (SSSR count). The first kappa shape index (κ1) is 14.9. The fraction of sp³-hybridized carbons (Fsp3) is 0.857. The third kappa shape index (κ3) is 2.24. The summed E-state index contributed by atoms with van der Waals surface area (Å²) in [5.41, 5.74) is -0.245. The number of ether oxygens (including phenoxy) is 2. The average molecular weight is 518 g/mol.